The minimum atomic E-state index is -3.82. The number of benzene rings is 2. The summed E-state index contributed by atoms with van der Waals surface area (Å²) in [5.74, 6) is -1.04. The van der Waals surface area contributed by atoms with Crippen LogP contribution in [0.3, 0.4) is 0 Å². The van der Waals surface area contributed by atoms with Crippen LogP contribution in [-0.2, 0) is 14.8 Å². The van der Waals surface area contributed by atoms with Crippen LogP contribution in [0.4, 0.5) is 5.69 Å². The van der Waals surface area contributed by atoms with Crippen molar-refractivity contribution in [3.8, 4) is 0 Å². The zero-order valence-electron chi connectivity index (χ0n) is 13.1. The third-order valence-corrected chi connectivity index (χ3v) is 5.36. The molecule has 2 aromatic rings. The number of rotatable bonds is 6. The average molecular weight is 333 g/mol. The standard InChI is InChI=1S/C17H19NO4S/c1-13-7-6-8-14(2)17(13)18(12-11-16(19)20)23(21,22)15-9-4-3-5-10-15/h3-10H,11-12H2,1-2H3,(H,19,20). The normalized spacial score (nSPS) is 11.2. The summed E-state index contributed by atoms with van der Waals surface area (Å²) in [6, 6.07) is 13.5. The number of carboxylic acid groups (broad SMARTS) is 1. The summed E-state index contributed by atoms with van der Waals surface area (Å²) in [6.07, 6.45) is -0.264. The molecule has 0 unspecified atom stereocenters. The number of hydrogen-bond acceptors (Lipinski definition) is 3. The first kappa shape index (κ1) is 17.0. The van der Waals surface area contributed by atoms with Crippen LogP contribution in [0.15, 0.2) is 53.4 Å². The molecule has 0 amide bonds. The maximum atomic E-state index is 13.0. The molecule has 0 spiro atoms. The second-order valence-corrected chi connectivity index (χ2v) is 7.14. The average Bonchev–Trinajstić information content (AvgIpc) is 2.50. The molecule has 1 N–H and O–H groups in total. The second-order valence-electron chi connectivity index (χ2n) is 5.27. The number of para-hydroxylation sites is 1. The minimum Gasteiger partial charge on any atom is -0.481 e. The van der Waals surface area contributed by atoms with Gasteiger partial charge in [0.15, 0.2) is 0 Å². The number of carboxylic acids is 1. The lowest BCUT2D eigenvalue weighted by Gasteiger charge is -2.27. The fraction of sp³-hybridized carbons (Fsp3) is 0.235. The molecule has 5 nitrogen and oxygen atoms in total. The summed E-state index contributed by atoms with van der Waals surface area (Å²) in [7, 11) is -3.82. The Balaban J connectivity index is 2.57. The highest BCUT2D eigenvalue weighted by molar-refractivity contribution is 7.92. The zero-order valence-corrected chi connectivity index (χ0v) is 13.9. The van der Waals surface area contributed by atoms with E-state index in [1.807, 2.05) is 32.0 Å². The number of sulfonamides is 1. The molecule has 0 aromatic heterocycles. The highest BCUT2D eigenvalue weighted by Gasteiger charge is 2.27. The van der Waals surface area contributed by atoms with Crippen molar-refractivity contribution in [3.05, 3.63) is 59.7 Å². The molecule has 0 saturated heterocycles. The maximum absolute atomic E-state index is 13.0. The van der Waals surface area contributed by atoms with E-state index in [0.29, 0.717) is 5.69 Å². The molecule has 0 radical (unpaired) electrons. The summed E-state index contributed by atoms with van der Waals surface area (Å²) >= 11 is 0. The van der Waals surface area contributed by atoms with Crippen LogP contribution in [0.5, 0.6) is 0 Å². The Bertz CT molecular complexity index is 780. The van der Waals surface area contributed by atoms with Gasteiger partial charge in [0.1, 0.15) is 0 Å². The van der Waals surface area contributed by atoms with E-state index in [1.54, 1.807) is 18.2 Å². The van der Waals surface area contributed by atoms with Crippen molar-refractivity contribution in [2.24, 2.45) is 0 Å². The van der Waals surface area contributed by atoms with E-state index in [-0.39, 0.29) is 17.9 Å². The van der Waals surface area contributed by atoms with Crippen LogP contribution in [-0.4, -0.2) is 26.0 Å². The van der Waals surface area contributed by atoms with Crippen molar-refractivity contribution >= 4 is 21.7 Å². The van der Waals surface area contributed by atoms with Gasteiger partial charge in [0.25, 0.3) is 10.0 Å². The lowest BCUT2D eigenvalue weighted by molar-refractivity contribution is -0.136. The van der Waals surface area contributed by atoms with Crippen molar-refractivity contribution in [3.63, 3.8) is 0 Å². The van der Waals surface area contributed by atoms with Gasteiger partial charge < -0.3 is 5.11 Å². The summed E-state index contributed by atoms with van der Waals surface area (Å²) in [5.41, 5.74) is 2.11. The quantitative estimate of drug-likeness (QED) is 0.882. The molecule has 0 bridgehead atoms. The van der Waals surface area contributed by atoms with Crippen molar-refractivity contribution in [2.75, 3.05) is 10.8 Å². The Morgan fingerprint density at radius 2 is 1.57 bits per heavy atom. The predicted octanol–water partition coefficient (Wildman–Crippen LogP) is 2.97. The molecule has 6 heteroatoms. The van der Waals surface area contributed by atoms with E-state index in [0.717, 1.165) is 11.1 Å². The van der Waals surface area contributed by atoms with E-state index in [1.165, 1.54) is 16.4 Å². The topological polar surface area (TPSA) is 74.7 Å². The largest absolute Gasteiger partial charge is 0.481 e. The smallest absolute Gasteiger partial charge is 0.305 e. The summed E-state index contributed by atoms with van der Waals surface area (Å²) in [5, 5.41) is 8.96. The molecule has 0 aliphatic carbocycles. The summed E-state index contributed by atoms with van der Waals surface area (Å²) in [4.78, 5) is 11.1. The Morgan fingerprint density at radius 1 is 1.00 bits per heavy atom. The third-order valence-electron chi connectivity index (χ3n) is 3.55. The Labute approximate surface area is 136 Å². The molecule has 23 heavy (non-hydrogen) atoms. The van der Waals surface area contributed by atoms with Crippen molar-refractivity contribution in [1.82, 2.24) is 0 Å². The lowest BCUT2D eigenvalue weighted by atomic mass is 10.1. The second kappa shape index (κ2) is 6.83. The first-order chi connectivity index (χ1) is 10.8. The number of hydrogen-bond donors (Lipinski definition) is 1. The molecule has 122 valence electrons. The van der Waals surface area contributed by atoms with Crippen molar-refractivity contribution in [2.45, 2.75) is 25.2 Å². The molecule has 0 heterocycles. The summed E-state index contributed by atoms with van der Waals surface area (Å²) in [6.45, 7) is 3.52. The summed E-state index contributed by atoms with van der Waals surface area (Å²) < 4.78 is 27.2. The van der Waals surface area contributed by atoms with Gasteiger partial charge in [-0.3, -0.25) is 9.10 Å². The molecule has 0 saturated carbocycles. The number of carbonyl (C=O) groups is 1. The Kier molecular flexibility index (Phi) is 5.05. The number of nitrogens with zero attached hydrogens (tertiary/aromatic N) is 1. The zero-order chi connectivity index (χ0) is 17.0. The van der Waals surface area contributed by atoms with Gasteiger partial charge in [0.2, 0.25) is 0 Å². The van der Waals surface area contributed by atoms with Crippen LogP contribution in [0.2, 0.25) is 0 Å². The number of aryl methyl sites for hydroxylation is 2. The highest BCUT2D eigenvalue weighted by Crippen LogP contribution is 2.30. The fourth-order valence-electron chi connectivity index (χ4n) is 2.47. The lowest BCUT2D eigenvalue weighted by Crippen LogP contribution is -2.34. The SMILES string of the molecule is Cc1cccc(C)c1N(CCC(=O)O)S(=O)(=O)c1ccccc1. The van der Waals surface area contributed by atoms with Crippen molar-refractivity contribution in [1.29, 1.82) is 0 Å². The van der Waals surface area contributed by atoms with Crippen LogP contribution in [0.1, 0.15) is 17.5 Å². The maximum Gasteiger partial charge on any atom is 0.305 e. The van der Waals surface area contributed by atoms with Gasteiger partial charge in [0, 0.05) is 6.54 Å². The molecule has 2 rings (SSSR count). The highest BCUT2D eigenvalue weighted by atomic mass is 32.2. The van der Waals surface area contributed by atoms with E-state index in [9.17, 15) is 13.2 Å². The molecule has 0 fully saturated rings. The van der Waals surface area contributed by atoms with Crippen LogP contribution in [0.25, 0.3) is 0 Å². The Hall–Kier alpha value is -2.34. The molecule has 2 aromatic carbocycles. The van der Waals surface area contributed by atoms with Gasteiger partial charge in [-0.15, -0.1) is 0 Å². The predicted molar refractivity (Wildman–Crippen MR) is 89.1 cm³/mol. The van der Waals surface area contributed by atoms with Crippen molar-refractivity contribution < 1.29 is 18.3 Å². The minimum absolute atomic E-state index is 0.113. The van der Waals surface area contributed by atoms with Gasteiger partial charge in [0.05, 0.1) is 17.0 Å². The Morgan fingerprint density at radius 3 is 2.09 bits per heavy atom. The van der Waals surface area contributed by atoms with Gasteiger partial charge in [-0.1, -0.05) is 36.4 Å². The third kappa shape index (κ3) is 3.71. The van der Waals surface area contributed by atoms with Gasteiger partial charge in [-0.2, -0.15) is 0 Å². The van der Waals surface area contributed by atoms with Gasteiger partial charge in [-0.05, 0) is 37.1 Å². The number of aliphatic carboxylic acids is 1. The molecular weight excluding hydrogens is 314 g/mol. The van der Waals surface area contributed by atoms with E-state index in [2.05, 4.69) is 0 Å². The first-order valence-corrected chi connectivity index (χ1v) is 8.64. The van der Waals surface area contributed by atoms with E-state index in [4.69, 9.17) is 5.11 Å². The van der Waals surface area contributed by atoms with E-state index < -0.39 is 16.0 Å². The molecule has 0 aliphatic rings. The van der Waals surface area contributed by atoms with Gasteiger partial charge in [-0.25, -0.2) is 8.42 Å². The first-order valence-electron chi connectivity index (χ1n) is 7.20. The van der Waals surface area contributed by atoms with E-state index >= 15 is 0 Å². The number of anilines is 1. The van der Waals surface area contributed by atoms with Crippen LogP contribution >= 0.6 is 0 Å². The van der Waals surface area contributed by atoms with Crippen LogP contribution in [0, 0.1) is 13.8 Å². The molecule has 0 atom stereocenters. The molecule has 0 aliphatic heterocycles. The van der Waals surface area contributed by atoms with Crippen LogP contribution < -0.4 is 4.31 Å². The van der Waals surface area contributed by atoms with Gasteiger partial charge >= 0.3 is 5.97 Å². The monoisotopic (exact) mass is 333 g/mol. The fourth-order valence-corrected chi connectivity index (χ4v) is 4.08. The molecular formula is C17H19NO4S.